The Morgan fingerprint density at radius 2 is 2.38 bits per heavy atom. The van der Waals surface area contributed by atoms with Crippen molar-refractivity contribution in [1.82, 2.24) is 0 Å². The maximum absolute atomic E-state index is 11.7. The smallest absolute Gasteiger partial charge is 0.199 e. The number of para-hydroxylation sites is 1. The van der Waals surface area contributed by atoms with Gasteiger partial charge in [0.2, 0.25) is 0 Å². The standard InChI is InChI=1S/C12H14O3S/c1-2-14-7-9(13)11-8-16-12-6-4-3-5-10(12)15-11/h3-6,11H,2,7-8H2,1H3. The Morgan fingerprint density at radius 3 is 3.19 bits per heavy atom. The molecule has 4 heteroatoms. The van der Waals surface area contributed by atoms with Crippen molar-refractivity contribution < 1.29 is 14.3 Å². The SMILES string of the molecule is CCOCC(=O)C1CSc2ccccc2O1. The van der Waals surface area contributed by atoms with E-state index in [0.717, 1.165) is 10.6 Å². The lowest BCUT2D eigenvalue weighted by molar-refractivity contribution is -0.129. The average Bonchev–Trinajstić information content (AvgIpc) is 2.35. The van der Waals surface area contributed by atoms with Crippen LogP contribution in [-0.2, 0) is 9.53 Å². The van der Waals surface area contributed by atoms with Gasteiger partial charge >= 0.3 is 0 Å². The summed E-state index contributed by atoms with van der Waals surface area (Å²) in [6.45, 7) is 2.57. The van der Waals surface area contributed by atoms with Crippen LogP contribution in [0.1, 0.15) is 6.92 Å². The molecule has 0 aliphatic carbocycles. The number of ether oxygens (including phenoxy) is 2. The third-order valence-corrected chi connectivity index (χ3v) is 3.43. The van der Waals surface area contributed by atoms with Crippen molar-refractivity contribution in [2.24, 2.45) is 0 Å². The largest absolute Gasteiger partial charge is 0.481 e. The van der Waals surface area contributed by atoms with Gasteiger partial charge in [-0.1, -0.05) is 12.1 Å². The van der Waals surface area contributed by atoms with Crippen molar-refractivity contribution in [3.05, 3.63) is 24.3 Å². The Labute approximate surface area is 99.1 Å². The lowest BCUT2D eigenvalue weighted by atomic mass is 10.2. The molecule has 0 N–H and O–H groups in total. The van der Waals surface area contributed by atoms with Crippen molar-refractivity contribution in [1.29, 1.82) is 0 Å². The van der Waals surface area contributed by atoms with Gasteiger partial charge in [0.25, 0.3) is 0 Å². The maximum Gasteiger partial charge on any atom is 0.199 e. The van der Waals surface area contributed by atoms with Crippen LogP contribution >= 0.6 is 11.8 Å². The fraction of sp³-hybridized carbons (Fsp3) is 0.417. The molecule has 0 bridgehead atoms. The number of carbonyl (C=O) groups excluding carboxylic acids is 1. The summed E-state index contributed by atoms with van der Waals surface area (Å²) in [7, 11) is 0. The molecule has 0 radical (unpaired) electrons. The van der Waals surface area contributed by atoms with Crippen LogP contribution in [0.15, 0.2) is 29.2 Å². The minimum atomic E-state index is -0.369. The van der Waals surface area contributed by atoms with Crippen LogP contribution in [0, 0.1) is 0 Å². The highest BCUT2D eigenvalue weighted by molar-refractivity contribution is 7.99. The molecule has 0 saturated heterocycles. The number of fused-ring (bicyclic) bond motifs is 1. The van der Waals surface area contributed by atoms with Gasteiger partial charge in [0, 0.05) is 17.3 Å². The fourth-order valence-corrected chi connectivity index (χ4v) is 2.49. The molecule has 1 aliphatic rings. The Hall–Kier alpha value is -1.00. The Bertz CT molecular complexity index is 378. The minimum absolute atomic E-state index is 0.0175. The maximum atomic E-state index is 11.7. The number of ketones is 1. The van der Waals surface area contributed by atoms with E-state index < -0.39 is 0 Å². The third-order valence-electron chi connectivity index (χ3n) is 2.32. The molecular formula is C12H14O3S. The molecule has 1 heterocycles. The van der Waals surface area contributed by atoms with E-state index in [0.29, 0.717) is 12.4 Å². The molecule has 1 aromatic rings. The molecule has 0 amide bonds. The molecule has 0 spiro atoms. The summed E-state index contributed by atoms with van der Waals surface area (Å²) in [6.07, 6.45) is -0.369. The van der Waals surface area contributed by atoms with Crippen molar-refractivity contribution in [2.45, 2.75) is 17.9 Å². The number of rotatable bonds is 4. The molecular weight excluding hydrogens is 224 g/mol. The highest BCUT2D eigenvalue weighted by Gasteiger charge is 2.25. The first kappa shape index (κ1) is 11.5. The van der Waals surface area contributed by atoms with E-state index in [2.05, 4.69) is 0 Å². The first-order chi connectivity index (χ1) is 7.81. The zero-order valence-corrected chi connectivity index (χ0v) is 9.96. The molecule has 1 atom stereocenters. The van der Waals surface area contributed by atoms with Crippen LogP contribution in [-0.4, -0.2) is 30.9 Å². The lowest BCUT2D eigenvalue weighted by Crippen LogP contribution is -2.34. The quantitative estimate of drug-likeness (QED) is 0.805. The summed E-state index contributed by atoms with van der Waals surface area (Å²) < 4.78 is 10.7. The number of benzene rings is 1. The van der Waals surface area contributed by atoms with Gasteiger partial charge in [-0.15, -0.1) is 11.8 Å². The van der Waals surface area contributed by atoms with Crippen molar-refractivity contribution in [2.75, 3.05) is 19.0 Å². The summed E-state index contributed by atoms with van der Waals surface area (Å²) in [5, 5.41) is 0. The number of thioether (sulfide) groups is 1. The predicted molar refractivity (Wildman–Crippen MR) is 63.1 cm³/mol. The summed E-state index contributed by atoms with van der Waals surface area (Å²) in [5.74, 6) is 1.49. The van der Waals surface area contributed by atoms with E-state index in [1.807, 2.05) is 31.2 Å². The zero-order chi connectivity index (χ0) is 11.4. The van der Waals surface area contributed by atoms with E-state index in [1.54, 1.807) is 11.8 Å². The van der Waals surface area contributed by atoms with Gasteiger partial charge < -0.3 is 9.47 Å². The van der Waals surface area contributed by atoms with Crippen LogP contribution in [0.4, 0.5) is 0 Å². The summed E-state index contributed by atoms with van der Waals surface area (Å²) >= 11 is 1.66. The lowest BCUT2D eigenvalue weighted by Gasteiger charge is -2.24. The minimum Gasteiger partial charge on any atom is -0.481 e. The van der Waals surface area contributed by atoms with Crippen molar-refractivity contribution in [3.63, 3.8) is 0 Å². The van der Waals surface area contributed by atoms with Gasteiger partial charge in [-0.05, 0) is 19.1 Å². The monoisotopic (exact) mass is 238 g/mol. The average molecular weight is 238 g/mol. The van der Waals surface area contributed by atoms with E-state index in [-0.39, 0.29) is 18.5 Å². The second-order valence-electron chi connectivity index (χ2n) is 3.47. The van der Waals surface area contributed by atoms with E-state index in [1.165, 1.54) is 0 Å². The third kappa shape index (κ3) is 2.57. The molecule has 3 nitrogen and oxygen atoms in total. The molecule has 1 aliphatic heterocycles. The first-order valence-corrected chi connectivity index (χ1v) is 6.28. The second-order valence-corrected chi connectivity index (χ2v) is 4.53. The number of hydrogen-bond donors (Lipinski definition) is 0. The summed E-state index contributed by atoms with van der Waals surface area (Å²) in [4.78, 5) is 12.8. The van der Waals surface area contributed by atoms with Gasteiger partial charge in [-0.2, -0.15) is 0 Å². The van der Waals surface area contributed by atoms with Crippen LogP contribution in [0.2, 0.25) is 0 Å². The molecule has 86 valence electrons. The molecule has 2 rings (SSSR count). The molecule has 1 aromatic carbocycles. The van der Waals surface area contributed by atoms with Gasteiger partial charge in [0.15, 0.2) is 11.9 Å². The molecule has 0 fully saturated rings. The van der Waals surface area contributed by atoms with Crippen LogP contribution in [0.25, 0.3) is 0 Å². The summed E-state index contributed by atoms with van der Waals surface area (Å²) in [6, 6.07) is 7.78. The topological polar surface area (TPSA) is 35.5 Å². The van der Waals surface area contributed by atoms with Crippen LogP contribution in [0.3, 0.4) is 0 Å². The number of hydrogen-bond acceptors (Lipinski definition) is 4. The fourth-order valence-electron chi connectivity index (χ4n) is 1.47. The molecule has 0 saturated carbocycles. The van der Waals surface area contributed by atoms with E-state index in [9.17, 15) is 4.79 Å². The van der Waals surface area contributed by atoms with E-state index in [4.69, 9.17) is 9.47 Å². The van der Waals surface area contributed by atoms with Gasteiger partial charge in [-0.25, -0.2) is 0 Å². The van der Waals surface area contributed by atoms with Crippen molar-refractivity contribution >= 4 is 17.5 Å². The van der Waals surface area contributed by atoms with Gasteiger partial charge in [0.05, 0.1) is 0 Å². The number of Topliss-reactive ketones (excluding diaryl/α,β-unsaturated/α-hetero) is 1. The Morgan fingerprint density at radius 1 is 1.56 bits per heavy atom. The highest BCUT2D eigenvalue weighted by Crippen LogP contribution is 2.34. The predicted octanol–water partition coefficient (Wildman–Crippen LogP) is 2.15. The molecule has 1 unspecified atom stereocenters. The Balaban J connectivity index is 1.99. The number of carbonyl (C=O) groups is 1. The van der Waals surface area contributed by atoms with Crippen LogP contribution < -0.4 is 4.74 Å². The second kappa shape index (κ2) is 5.37. The summed E-state index contributed by atoms with van der Waals surface area (Å²) in [5.41, 5.74) is 0. The van der Waals surface area contributed by atoms with Crippen LogP contribution in [0.5, 0.6) is 5.75 Å². The first-order valence-electron chi connectivity index (χ1n) is 5.30. The highest BCUT2D eigenvalue weighted by atomic mass is 32.2. The molecule has 16 heavy (non-hydrogen) atoms. The normalized spacial score (nSPS) is 18.7. The Kier molecular flexibility index (Phi) is 3.85. The van der Waals surface area contributed by atoms with Crippen molar-refractivity contribution in [3.8, 4) is 5.75 Å². The zero-order valence-electron chi connectivity index (χ0n) is 9.14. The van der Waals surface area contributed by atoms with Gasteiger partial charge in [-0.3, -0.25) is 4.79 Å². The molecule has 0 aromatic heterocycles. The van der Waals surface area contributed by atoms with E-state index >= 15 is 0 Å². The van der Waals surface area contributed by atoms with Gasteiger partial charge in [0.1, 0.15) is 12.4 Å².